The van der Waals surface area contributed by atoms with Crippen LogP contribution in [0.1, 0.15) is 24.8 Å². The molecule has 1 aliphatic rings. The molecule has 2 heterocycles. The average Bonchev–Trinajstić information content (AvgIpc) is 3.35. The average molecular weight is 431 g/mol. The van der Waals surface area contributed by atoms with Gasteiger partial charge in [0.25, 0.3) is 0 Å². The van der Waals surface area contributed by atoms with E-state index in [2.05, 4.69) is 27.0 Å². The van der Waals surface area contributed by atoms with Crippen molar-refractivity contribution in [1.82, 2.24) is 25.6 Å². The number of carbonyl (C=O) groups is 1. The lowest BCUT2D eigenvalue weighted by Gasteiger charge is -2.23. The van der Waals surface area contributed by atoms with Crippen molar-refractivity contribution in [3.63, 3.8) is 0 Å². The number of nitrogens with zero attached hydrogens (tertiary/aromatic N) is 4. The van der Waals surface area contributed by atoms with Crippen LogP contribution >= 0.6 is 0 Å². The molecule has 0 radical (unpaired) electrons. The Hall–Kier alpha value is -3.70. The topological polar surface area (TPSA) is 105 Å². The van der Waals surface area contributed by atoms with E-state index in [0.717, 1.165) is 54.1 Å². The summed E-state index contributed by atoms with van der Waals surface area (Å²) in [5.74, 6) is 0.667. The number of benzene rings is 2. The van der Waals surface area contributed by atoms with E-state index in [1.54, 1.807) is 11.8 Å². The van der Waals surface area contributed by atoms with Gasteiger partial charge in [-0.3, -0.25) is 4.79 Å². The van der Waals surface area contributed by atoms with Crippen molar-refractivity contribution in [2.45, 2.75) is 37.8 Å². The molecule has 8 heteroatoms. The van der Waals surface area contributed by atoms with Crippen LogP contribution in [0.4, 0.5) is 0 Å². The van der Waals surface area contributed by atoms with Crippen molar-refractivity contribution in [3.8, 4) is 28.8 Å². The minimum absolute atomic E-state index is 0.0967. The maximum atomic E-state index is 12.4. The van der Waals surface area contributed by atoms with Gasteiger partial charge in [0, 0.05) is 12.0 Å². The Bertz CT molecular complexity index is 1100. The number of rotatable bonds is 7. The van der Waals surface area contributed by atoms with Crippen LogP contribution in [0.2, 0.25) is 0 Å². The minimum atomic E-state index is -0.567. The maximum Gasteiger partial charge on any atom is 0.238 e. The summed E-state index contributed by atoms with van der Waals surface area (Å²) < 4.78 is 6.98. The zero-order chi connectivity index (χ0) is 22.3. The molecule has 4 rings (SSSR count). The van der Waals surface area contributed by atoms with E-state index in [1.165, 1.54) is 0 Å². The molecule has 1 fully saturated rings. The predicted molar refractivity (Wildman–Crippen MR) is 120 cm³/mol. The lowest BCUT2D eigenvalue weighted by molar-refractivity contribution is -0.124. The van der Waals surface area contributed by atoms with Crippen molar-refractivity contribution >= 4 is 5.91 Å². The van der Waals surface area contributed by atoms with Crippen LogP contribution in [0, 0.1) is 11.3 Å². The third-order valence-corrected chi connectivity index (χ3v) is 5.60. The second-order valence-electron chi connectivity index (χ2n) is 7.84. The van der Waals surface area contributed by atoms with Crippen molar-refractivity contribution in [1.29, 1.82) is 5.26 Å². The number of hydrogen-bond donors (Lipinski definition) is 2. The molecule has 1 aliphatic heterocycles. The van der Waals surface area contributed by atoms with Gasteiger partial charge in [0.2, 0.25) is 5.91 Å². The Morgan fingerprint density at radius 1 is 1.31 bits per heavy atom. The number of nitrogens with one attached hydrogen (secondary N) is 2. The van der Waals surface area contributed by atoms with Crippen LogP contribution in [-0.4, -0.2) is 46.6 Å². The molecule has 0 saturated carbocycles. The van der Waals surface area contributed by atoms with Gasteiger partial charge in [-0.05, 0) is 49.2 Å². The highest BCUT2D eigenvalue weighted by Crippen LogP contribution is 2.22. The van der Waals surface area contributed by atoms with Crippen molar-refractivity contribution in [3.05, 3.63) is 60.3 Å². The predicted octanol–water partition coefficient (Wildman–Crippen LogP) is 2.64. The van der Waals surface area contributed by atoms with Gasteiger partial charge in [0.15, 0.2) is 0 Å². The fraction of sp³-hybridized carbons (Fsp3) is 0.333. The summed E-state index contributed by atoms with van der Waals surface area (Å²) in [6.45, 7) is 0.846. The fourth-order valence-electron chi connectivity index (χ4n) is 3.80. The Balaban J connectivity index is 1.40. The molecule has 1 saturated heterocycles. The van der Waals surface area contributed by atoms with E-state index in [-0.39, 0.29) is 11.9 Å². The Morgan fingerprint density at radius 3 is 2.88 bits per heavy atom. The molecule has 8 nitrogen and oxygen atoms in total. The van der Waals surface area contributed by atoms with Crippen LogP contribution in [0.15, 0.2) is 54.7 Å². The SMILES string of the molecule is COc1cccc(-c2cn(-c3ccc(C[C@@H](C#N)NC(=O)[C@@H]4CCCCN4)cc3)nn2)c1. The standard InChI is InChI=1S/C24H26N6O2/c1-32-21-6-4-5-18(14-21)23-16-30(29-28-23)20-10-8-17(9-11-20)13-19(15-25)27-24(31)22-7-2-3-12-26-22/h4-6,8-11,14,16,19,22,26H,2-3,7,12-13H2,1H3,(H,27,31)/t19-,22-/m0/s1. The number of carbonyl (C=O) groups excluding carboxylic acids is 1. The van der Waals surface area contributed by atoms with E-state index < -0.39 is 6.04 Å². The third kappa shape index (κ3) is 5.13. The lowest BCUT2D eigenvalue weighted by atomic mass is 10.0. The molecule has 2 N–H and O–H groups in total. The molecular formula is C24H26N6O2. The number of aromatic nitrogens is 3. The van der Waals surface area contributed by atoms with Crippen LogP contribution in [0.5, 0.6) is 5.75 Å². The van der Waals surface area contributed by atoms with E-state index in [4.69, 9.17) is 4.74 Å². The van der Waals surface area contributed by atoms with Gasteiger partial charge in [-0.1, -0.05) is 35.9 Å². The minimum Gasteiger partial charge on any atom is -0.497 e. The number of piperidine rings is 1. The summed E-state index contributed by atoms with van der Waals surface area (Å²) in [6.07, 6.45) is 5.24. The lowest BCUT2D eigenvalue weighted by Crippen LogP contribution is -2.49. The first kappa shape index (κ1) is 21.5. The largest absolute Gasteiger partial charge is 0.497 e. The molecule has 1 amide bonds. The highest BCUT2D eigenvalue weighted by molar-refractivity contribution is 5.82. The first-order chi connectivity index (χ1) is 15.7. The normalized spacial score (nSPS) is 16.7. The molecule has 3 aromatic rings. The summed E-state index contributed by atoms with van der Waals surface area (Å²) in [7, 11) is 1.63. The van der Waals surface area contributed by atoms with Crippen LogP contribution in [-0.2, 0) is 11.2 Å². The first-order valence-corrected chi connectivity index (χ1v) is 10.8. The second kappa shape index (κ2) is 10.1. The molecule has 0 aliphatic carbocycles. The number of amides is 1. The van der Waals surface area contributed by atoms with Gasteiger partial charge in [-0.15, -0.1) is 5.10 Å². The summed E-state index contributed by atoms with van der Waals surface area (Å²) in [5, 5.41) is 24.1. The first-order valence-electron chi connectivity index (χ1n) is 10.8. The number of hydrogen-bond acceptors (Lipinski definition) is 6. The smallest absolute Gasteiger partial charge is 0.238 e. The van der Waals surface area contributed by atoms with Crippen molar-refractivity contribution in [2.75, 3.05) is 13.7 Å². The molecule has 0 bridgehead atoms. The highest BCUT2D eigenvalue weighted by Gasteiger charge is 2.23. The zero-order valence-electron chi connectivity index (χ0n) is 18.0. The van der Waals surface area contributed by atoms with Crippen LogP contribution < -0.4 is 15.4 Å². The number of ether oxygens (including phenoxy) is 1. The monoisotopic (exact) mass is 430 g/mol. The van der Waals surface area contributed by atoms with Gasteiger partial charge < -0.3 is 15.4 Å². The molecule has 164 valence electrons. The van der Waals surface area contributed by atoms with Gasteiger partial charge in [0.05, 0.1) is 31.1 Å². The van der Waals surface area contributed by atoms with E-state index in [0.29, 0.717) is 6.42 Å². The van der Waals surface area contributed by atoms with Gasteiger partial charge >= 0.3 is 0 Å². The second-order valence-corrected chi connectivity index (χ2v) is 7.84. The summed E-state index contributed by atoms with van der Waals surface area (Å²) in [5.41, 5.74) is 3.49. The van der Waals surface area contributed by atoms with E-state index in [1.807, 2.05) is 54.7 Å². The summed E-state index contributed by atoms with van der Waals surface area (Å²) in [4.78, 5) is 12.4. The third-order valence-electron chi connectivity index (χ3n) is 5.60. The van der Waals surface area contributed by atoms with E-state index >= 15 is 0 Å². The molecule has 32 heavy (non-hydrogen) atoms. The fourth-order valence-corrected chi connectivity index (χ4v) is 3.80. The molecule has 2 atom stereocenters. The molecule has 0 unspecified atom stereocenters. The zero-order valence-corrected chi connectivity index (χ0v) is 18.0. The Kier molecular flexibility index (Phi) is 6.78. The van der Waals surface area contributed by atoms with E-state index in [9.17, 15) is 10.1 Å². The molecule has 1 aromatic heterocycles. The molecule has 0 spiro atoms. The summed E-state index contributed by atoms with van der Waals surface area (Å²) >= 11 is 0. The Morgan fingerprint density at radius 2 is 2.16 bits per heavy atom. The number of methoxy groups -OCH3 is 1. The van der Waals surface area contributed by atoms with Gasteiger partial charge in [-0.25, -0.2) is 4.68 Å². The van der Waals surface area contributed by atoms with Crippen LogP contribution in [0.3, 0.4) is 0 Å². The highest BCUT2D eigenvalue weighted by atomic mass is 16.5. The summed E-state index contributed by atoms with van der Waals surface area (Å²) in [6, 6.07) is 16.8. The van der Waals surface area contributed by atoms with Crippen LogP contribution in [0.25, 0.3) is 16.9 Å². The van der Waals surface area contributed by atoms with Crippen molar-refractivity contribution < 1.29 is 9.53 Å². The van der Waals surface area contributed by atoms with Gasteiger partial charge in [0.1, 0.15) is 17.5 Å². The van der Waals surface area contributed by atoms with Crippen molar-refractivity contribution in [2.24, 2.45) is 0 Å². The Labute approximate surface area is 187 Å². The quantitative estimate of drug-likeness (QED) is 0.597. The maximum absolute atomic E-state index is 12.4. The molecule has 2 aromatic carbocycles. The molecular weight excluding hydrogens is 404 g/mol. The van der Waals surface area contributed by atoms with Gasteiger partial charge in [-0.2, -0.15) is 5.26 Å². The number of nitriles is 1.